The summed E-state index contributed by atoms with van der Waals surface area (Å²) >= 11 is 0. The highest BCUT2D eigenvalue weighted by atomic mass is 16.2. The summed E-state index contributed by atoms with van der Waals surface area (Å²) < 4.78 is 0. The fourth-order valence-corrected chi connectivity index (χ4v) is 2.86. The molecule has 0 saturated heterocycles. The zero-order chi connectivity index (χ0) is 12.3. The van der Waals surface area contributed by atoms with Crippen LogP contribution in [0.1, 0.15) is 52.4 Å². The van der Waals surface area contributed by atoms with Crippen molar-refractivity contribution in [2.24, 2.45) is 11.0 Å². The summed E-state index contributed by atoms with van der Waals surface area (Å²) in [6.07, 6.45) is 9.28. The van der Waals surface area contributed by atoms with Gasteiger partial charge < -0.3 is 5.32 Å². The molecule has 1 atom stereocenters. The molecular formula is C13H23N3O. The molecule has 1 unspecified atom stereocenters. The van der Waals surface area contributed by atoms with Crippen LogP contribution in [0.4, 0.5) is 4.79 Å². The SMILES string of the molecule is CC(C)NC(=O)N1N=CCC1C1CCCCC1. The zero-order valence-corrected chi connectivity index (χ0v) is 10.9. The van der Waals surface area contributed by atoms with Crippen molar-refractivity contribution in [3.05, 3.63) is 0 Å². The van der Waals surface area contributed by atoms with Crippen LogP contribution < -0.4 is 5.32 Å². The summed E-state index contributed by atoms with van der Waals surface area (Å²) in [5, 5.41) is 8.85. The fraction of sp³-hybridized carbons (Fsp3) is 0.846. The Morgan fingerprint density at radius 1 is 1.35 bits per heavy atom. The van der Waals surface area contributed by atoms with E-state index in [4.69, 9.17) is 0 Å². The first kappa shape index (κ1) is 12.4. The van der Waals surface area contributed by atoms with Gasteiger partial charge in [0, 0.05) is 18.7 Å². The Balaban J connectivity index is 1.95. The van der Waals surface area contributed by atoms with Crippen molar-refractivity contribution in [3.63, 3.8) is 0 Å². The number of carbonyl (C=O) groups is 1. The smallest absolute Gasteiger partial charge is 0.334 e. The van der Waals surface area contributed by atoms with E-state index in [0.717, 1.165) is 6.42 Å². The molecule has 96 valence electrons. The van der Waals surface area contributed by atoms with Gasteiger partial charge in [-0.05, 0) is 32.6 Å². The molecule has 0 bridgehead atoms. The van der Waals surface area contributed by atoms with E-state index in [-0.39, 0.29) is 12.1 Å². The number of rotatable bonds is 2. The molecule has 1 N–H and O–H groups in total. The molecule has 1 aliphatic heterocycles. The van der Waals surface area contributed by atoms with Gasteiger partial charge in [0.05, 0.1) is 6.04 Å². The maximum atomic E-state index is 12.0. The van der Waals surface area contributed by atoms with Gasteiger partial charge in [0.25, 0.3) is 0 Å². The van der Waals surface area contributed by atoms with Crippen molar-refractivity contribution < 1.29 is 4.79 Å². The molecule has 2 aliphatic rings. The van der Waals surface area contributed by atoms with E-state index in [2.05, 4.69) is 10.4 Å². The maximum Gasteiger partial charge on any atom is 0.338 e. The predicted octanol–water partition coefficient (Wildman–Crippen LogP) is 2.74. The van der Waals surface area contributed by atoms with Gasteiger partial charge in [0.2, 0.25) is 0 Å². The van der Waals surface area contributed by atoms with Crippen LogP contribution in [0.5, 0.6) is 0 Å². The standard InChI is InChI=1S/C13H23N3O/c1-10(2)15-13(17)16-12(8-9-14-16)11-6-4-3-5-7-11/h9-12H,3-8H2,1-2H3,(H,15,17). The Morgan fingerprint density at radius 2 is 2.06 bits per heavy atom. The van der Waals surface area contributed by atoms with E-state index < -0.39 is 0 Å². The molecule has 1 aliphatic carbocycles. The number of urea groups is 1. The third-order valence-electron chi connectivity index (χ3n) is 3.68. The highest BCUT2D eigenvalue weighted by Crippen LogP contribution is 2.32. The van der Waals surface area contributed by atoms with E-state index in [1.165, 1.54) is 32.1 Å². The monoisotopic (exact) mass is 237 g/mol. The minimum atomic E-state index is -0.0377. The lowest BCUT2D eigenvalue weighted by atomic mass is 9.83. The Kier molecular flexibility index (Phi) is 4.02. The van der Waals surface area contributed by atoms with Crippen molar-refractivity contribution in [3.8, 4) is 0 Å². The third-order valence-corrected chi connectivity index (χ3v) is 3.68. The summed E-state index contributed by atoms with van der Waals surface area (Å²) in [4.78, 5) is 12.0. The van der Waals surface area contributed by atoms with Crippen molar-refractivity contribution in [1.82, 2.24) is 10.3 Å². The van der Waals surface area contributed by atoms with Crippen molar-refractivity contribution in [2.75, 3.05) is 0 Å². The Hall–Kier alpha value is -1.06. The fourth-order valence-electron chi connectivity index (χ4n) is 2.86. The van der Waals surface area contributed by atoms with Gasteiger partial charge in [-0.15, -0.1) is 0 Å². The highest BCUT2D eigenvalue weighted by molar-refractivity contribution is 5.78. The van der Waals surface area contributed by atoms with E-state index in [0.29, 0.717) is 12.0 Å². The summed E-state index contributed by atoms with van der Waals surface area (Å²) in [5.74, 6) is 0.643. The second kappa shape index (κ2) is 5.52. The lowest BCUT2D eigenvalue weighted by Gasteiger charge is -2.32. The predicted molar refractivity (Wildman–Crippen MR) is 69.0 cm³/mol. The third kappa shape index (κ3) is 2.99. The Morgan fingerprint density at radius 3 is 2.71 bits per heavy atom. The second-order valence-electron chi connectivity index (χ2n) is 5.45. The number of amides is 2. The quantitative estimate of drug-likeness (QED) is 0.788. The van der Waals surface area contributed by atoms with Crippen molar-refractivity contribution in [1.29, 1.82) is 0 Å². The van der Waals surface area contributed by atoms with Gasteiger partial charge in [-0.2, -0.15) is 5.10 Å². The first-order valence-corrected chi connectivity index (χ1v) is 6.80. The molecule has 0 aromatic rings. The molecular weight excluding hydrogens is 214 g/mol. The van der Waals surface area contributed by atoms with Crippen LogP contribution in [0.15, 0.2) is 5.10 Å². The maximum absolute atomic E-state index is 12.0. The second-order valence-corrected chi connectivity index (χ2v) is 5.45. The van der Waals surface area contributed by atoms with Crippen LogP contribution >= 0.6 is 0 Å². The average Bonchev–Trinajstić information content (AvgIpc) is 2.78. The molecule has 0 aromatic carbocycles. The van der Waals surface area contributed by atoms with Crippen LogP contribution in [-0.4, -0.2) is 29.3 Å². The number of nitrogens with one attached hydrogen (secondary N) is 1. The van der Waals surface area contributed by atoms with E-state index in [1.54, 1.807) is 5.01 Å². The topological polar surface area (TPSA) is 44.7 Å². The molecule has 1 saturated carbocycles. The number of hydrazone groups is 1. The number of carbonyl (C=O) groups excluding carboxylic acids is 1. The van der Waals surface area contributed by atoms with E-state index in [1.807, 2.05) is 20.1 Å². The van der Waals surface area contributed by atoms with Crippen LogP contribution in [0.2, 0.25) is 0 Å². The minimum Gasteiger partial charge on any atom is -0.334 e. The summed E-state index contributed by atoms with van der Waals surface area (Å²) in [6.45, 7) is 3.96. The minimum absolute atomic E-state index is 0.0377. The Bertz CT molecular complexity index is 295. The molecule has 2 amide bonds. The summed E-state index contributed by atoms with van der Waals surface area (Å²) in [5.41, 5.74) is 0. The lowest BCUT2D eigenvalue weighted by Crippen LogP contribution is -2.46. The van der Waals surface area contributed by atoms with Crippen LogP contribution in [0, 0.1) is 5.92 Å². The molecule has 17 heavy (non-hydrogen) atoms. The molecule has 4 nitrogen and oxygen atoms in total. The van der Waals surface area contributed by atoms with Crippen molar-refractivity contribution >= 4 is 12.2 Å². The average molecular weight is 237 g/mol. The largest absolute Gasteiger partial charge is 0.338 e. The number of hydrogen-bond donors (Lipinski definition) is 1. The highest BCUT2D eigenvalue weighted by Gasteiger charge is 2.34. The molecule has 4 heteroatoms. The molecule has 0 aromatic heterocycles. The Labute approximate surface area is 103 Å². The van der Waals surface area contributed by atoms with E-state index in [9.17, 15) is 4.79 Å². The van der Waals surface area contributed by atoms with Crippen molar-refractivity contribution in [2.45, 2.75) is 64.5 Å². The zero-order valence-electron chi connectivity index (χ0n) is 10.9. The number of hydrogen-bond acceptors (Lipinski definition) is 2. The van der Waals surface area contributed by atoms with Gasteiger partial charge in [-0.25, -0.2) is 9.80 Å². The van der Waals surface area contributed by atoms with Gasteiger partial charge in [-0.1, -0.05) is 19.3 Å². The molecule has 1 fully saturated rings. The van der Waals surface area contributed by atoms with Gasteiger partial charge >= 0.3 is 6.03 Å². The van der Waals surface area contributed by atoms with Crippen LogP contribution in [0.25, 0.3) is 0 Å². The number of nitrogens with zero attached hydrogens (tertiary/aromatic N) is 2. The summed E-state index contributed by atoms with van der Waals surface area (Å²) in [7, 11) is 0. The van der Waals surface area contributed by atoms with Gasteiger partial charge in [0.15, 0.2) is 0 Å². The first-order chi connectivity index (χ1) is 8.18. The van der Waals surface area contributed by atoms with E-state index >= 15 is 0 Å². The van der Waals surface area contributed by atoms with Crippen LogP contribution in [-0.2, 0) is 0 Å². The molecule has 0 spiro atoms. The lowest BCUT2D eigenvalue weighted by molar-refractivity contribution is 0.144. The van der Waals surface area contributed by atoms with Gasteiger partial charge in [0.1, 0.15) is 0 Å². The van der Waals surface area contributed by atoms with Crippen LogP contribution in [0.3, 0.4) is 0 Å². The first-order valence-electron chi connectivity index (χ1n) is 6.80. The summed E-state index contributed by atoms with van der Waals surface area (Å²) in [6, 6.07) is 0.434. The van der Waals surface area contributed by atoms with Gasteiger partial charge in [-0.3, -0.25) is 0 Å². The molecule has 1 heterocycles. The molecule has 0 radical (unpaired) electrons. The normalized spacial score (nSPS) is 25.6. The molecule has 2 rings (SSSR count).